The number of phenols is 1. The van der Waals surface area contributed by atoms with Crippen LogP contribution in [0.25, 0.3) is 21.9 Å². The average Bonchev–Trinajstić information content (AvgIpc) is 3.20. The van der Waals surface area contributed by atoms with Gasteiger partial charge >= 0.3 is 0 Å². The molecule has 9 N–H and O–H groups in total. The summed E-state index contributed by atoms with van der Waals surface area (Å²) in [6.07, 6.45) is 1.35. The number of hydrogen-bond donors (Lipinski definition) is 6. The number of nitrogens with two attached hydrogens (primary N) is 3. The zero-order valence-corrected chi connectivity index (χ0v) is 33.7. The zero-order valence-electron chi connectivity index (χ0n) is 32.1. The van der Waals surface area contributed by atoms with E-state index in [0.717, 1.165) is 18.6 Å². The van der Waals surface area contributed by atoms with Crippen LogP contribution in [0, 0.1) is 0 Å². The summed E-state index contributed by atoms with van der Waals surface area (Å²) in [6.45, 7) is 4.54. The quantitative estimate of drug-likeness (QED) is 0.0319. The Bertz CT molecular complexity index is 2910. The van der Waals surface area contributed by atoms with Crippen molar-refractivity contribution in [3.8, 4) is 28.4 Å². The molecule has 0 amide bonds. The average molecular weight is 854 g/mol. The molecular weight excluding hydrogens is 815 g/mol. The number of aromatic hydroxyl groups is 1. The summed E-state index contributed by atoms with van der Waals surface area (Å²) < 4.78 is 82.6. The standard InChI is InChI=1S/C40H39N9O9S2/c1-3-16-57-32-18-23(10-13-30(32)46-45-29-15-12-26(41)22-28(29)42)24-11-14-31(33(19-24)58-17-4-2)47-48-38-34(59(51,52)53)20-25-21-35(60(54,55)56)39(40(50)36(25)37(38)43)49-44-27-8-6-5-7-9-27/h5-15,18-22,50H,3-4,16-17,41-43H2,1-2H3,(H,51,52,53)(H,54,55,56). The molecule has 0 fully saturated rings. The van der Waals surface area contributed by atoms with Crippen LogP contribution in [0.2, 0.25) is 0 Å². The Morgan fingerprint density at radius 1 is 0.583 bits per heavy atom. The molecule has 0 heterocycles. The molecule has 0 aliphatic carbocycles. The van der Waals surface area contributed by atoms with Gasteiger partial charge in [0.2, 0.25) is 0 Å². The fourth-order valence-electron chi connectivity index (χ4n) is 5.79. The number of anilines is 3. The molecule has 6 aromatic carbocycles. The van der Waals surface area contributed by atoms with E-state index in [1.54, 1.807) is 84.9 Å². The molecule has 0 bridgehead atoms. The van der Waals surface area contributed by atoms with Crippen LogP contribution in [0.4, 0.5) is 51.2 Å². The van der Waals surface area contributed by atoms with Crippen LogP contribution in [0.15, 0.2) is 138 Å². The molecule has 0 saturated carbocycles. The fraction of sp³-hybridized carbons (Fsp3) is 0.150. The van der Waals surface area contributed by atoms with Crippen LogP contribution < -0.4 is 26.7 Å². The van der Waals surface area contributed by atoms with Crippen molar-refractivity contribution < 1.29 is 40.5 Å². The zero-order chi connectivity index (χ0) is 43.2. The minimum Gasteiger partial charge on any atom is -0.505 e. The van der Waals surface area contributed by atoms with Gasteiger partial charge in [0.05, 0.1) is 35.7 Å². The van der Waals surface area contributed by atoms with Crippen LogP contribution in [0.5, 0.6) is 17.2 Å². The Kier molecular flexibility index (Phi) is 12.7. The number of nitrogens with zero attached hydrogens (tertiary/aromatic N) is 6. The van der Waals surface area contributed by atoms with Crippen molar-refractivity contribution in [2.45, 2.75) is 36.5 Å². The van der Waals surface area contributed by atoms with E-state index in [9.17, 15) is 31.0 Å². The summed E-state index contributed by atoms with van der Waals surface area (Å²) in [6, 6.07) is 25.0. The van der Waals surface area contributed by atoms with Gasteiger partial charge in [-0.2, -0.15) is 21.9 Å². The first-order valence-electron chi connectivity index (χ1n) is 18.2. The van der Waals surface area contributed by atoms with E-state index in [-0.39, 0.29) is 34.5 Å². The molecule has 60 heavy (non-hydrogen) atoms. The van der Waals surface area contributed by atoms with Gasteiger partial charge in [0, 0.05) is 5.69 Å². The van der Waals surface area contributed by atoms with Gasteiger partial charge in [-0.05, 0) is 96.1 Å². The van der Waals surface area contributed by atoms with Crippen molar-refractivity contribution in [2.24, 2.45) is 30.7 Å². The van der Waals surface area contributed by atoms with Crippen LogP contribution in [-0.4, -0.2) is 44.3 Å². The highest BCUT2D eigenvalue weighted by molar-refractivity contribution is 7.86. The first-order chi connectivity index (χ1) is 28.6. The fourth-order valence-corrected chi connectivity index (χ4v) is 7.12. The molecule has 0 aliphatic rings. The lowest BCUT2D eigenvalue weighted by atomic mass is 10.0. The van der Waals surface area contributed by atoms with Crippen LogP contribution in [-0.2, 0) is 20.2 Å². The van der Waals surface area contributed by atoms with Crippen molar-refractivity contribution in [2.75, 3.05) is 30.4 Å². The SMILES string of the molecule is CCCOc1cc(-c2ccc(N=Nc3c(S(=O)(=O)O)cc4cc(S(=O)(=O)O)c(N=Nc5ccccc5)c(O)c4c3N)c(OCCC)c2)ccc1N=Nc1ccc(N)cc1N. The second-order valence-electron chi connectivity index (χ2n) is 13.1. The number of azo groups is 3. The van der Waals surface area contributed by atoms with E-state index < -0.39 is 52.8 Å². The molecule has 0 aliphatic heterocycles. The van der Waals surface area contributed by atoms with Crippen molar-refractivity contribution >= 4 is 82.2 Å². The van der Waals surface area contributed by atoms with Gasteiger partial charge in [-0.3, -0.25) is 9.11 Å². The molecular formula is C40H39N9O9S2. The Morgan fingerprint density at radius 2 is 1.08 bits per heavy atom. The van der Waals surface area contributed by atoms with E-state index in [1.807, 2.05) is 13.8 Å². The number of nitrogen functional groups attached to an aromatic ring is 3. The summed E-state index contributed by atoms with van der Waals surface area (Å²) >= 11 is 0. The third kappa shape index (κ3) is 9.64. The number of rotatable bonds is 15. The number of benzene rings is 6. The Labute approximate surface area is 344 Å². The molecule has 0 atom stereocenters. The summed E-state index contributed by atoms with van der Waals surface area (Å²) in [7, 11) is -10.2. The van der Waals surface area contributed by atoms with E-state index >= 15 is 0 Å². The normalized spacial score (nSPS) is 12.3. The Hall–Kier alpha value is -7.00. The van der Waals surface area contributed by atoms with E-state index in [1.165, 1.54) is 0 Å². The lowest BCUT2D eigenvalue weighted by Gasteiger charge is -2.14. The molecule has 0 unspecified atom stereocenters. The lowest BCUT2D eigenvalue weighted by Crippen LogP contribution is -2.03. The van der Waals surface area contributed by atoms with Gasteiger partial charge in [-0.15, -0.1) is 25.6 Å². The van der Waals surface area contributed by atoms with E-state index in [0.29, 0.717) is 52.7 Å². The molecule has 0 aromatic heterocycles. The van der Waals surface area contributed by atoms with Crippen LogP contribution in [0.3, 0.4) is 0 Å². The first kappa shape index (κ1) is 42.6. The van der Waals surface area contributed by atoms with E-state index in [4.69, 9.17) is 26.7 Å². The largest absolute Gasteiger partial charge is 0.505 e. The number of hydrogen-bond acceptors (Lipinski definition) is 16. The molecule has 310 valence electrons. The van der Waals surface area contributed by atoms with Crippen molar-refractivity contribution in [3.63, 3.8) is 0 Å². The van der Waals surface area contributed by atoms with Gasteiger partial charge < -0.3 is 31.8 Å². The predicted molar refractivity (Wildman–Crippen MR) is 227 cm³/mol. The van der Waals surface area contributed by atoms with Crippen molar-refractivity contribution in [1.29, 1.82) is 0 Å². The number of phenolic OH excluding ortho intramolecular Hbond substituents is 1. The maximum absolute atomic E-state index is 12.7. The molecule has 18 nitrogen and oxygen atoms in total. The summed E-state index contributed by atoms with van der Waals surface area (Å²) in [4.78, 5) is -1.79. The Morgan fingerprint density at radius 3 is 1.62 bits per heavy atom. The van der Waals surface area contributed by atoms with Gasteiger partial charge in [-0.25, -0.2) is 0 Å². The topological polar surface area (TPSA) is 300 Å². The molecule has 0 radical (unpaired) electrons. The number of fused-ring (bicyclic) bond motifs is 1. The predicted octanol–water partition coefficient (Wildman–Crippen LogP) is 10.3. The summed E-state index contributed by atoms with van der Waals surface area (Å²) in [5.41, 5.74) is 20.0. The first-order valence-corrected chi connectivity index (χ1v) is 21.0. The van der Waals surface area contributed by atoms with Gasteiger partial charge in [-0.1, -0.05) is 44.2 Å². The minimum atomic E-state index is -5.11. The van der Waals surface area contributed by atoms with Gasteiger partial charge in [0.25, 0.3) is 20.2 Å². The lowest BCUT2D eigenvalue weighted by molar-refractivity contribution is 0.318. The highest BCUT2D eigenvalue weighted by Crippen LogP contribution is 2.49. The van der Waals surface area contributed by atoms with Crippen molar-refractivity contribution in [1.82, 2.24) is 0 Å². The smallest absolute Gasteiger partial charge is 0.296 e. The molecule has 6 aromatic rings. The monoisotopic (exact) mass is 853 g/mol. The minimum absolute atomic E-state index is 0.130. The number of ether oxygens (including phenoxy) is 2. The summed E-state index contributed by atoms with van der Waals surface area (Å²) in [5.74, 6) is -0.182. The Balaban J connectivity index is 1.44. The second-order valence-corrected chi connectivity index (χ2v) is 15.9. The molecule has 6 rings (SSSR count). The second kappa shape index (κ2) is 17.9. The molecule has 20 heteroatoms. The highest BCUT2D eigenvalue weighted by Gasteiger charge is 2.28. The highest BCUT2D eigenvalue weighted by atomic mass is 32.2. The van der Waals surface area contributed by atoms with Crippen molar-refractivity contribution in [3.05, 3.63) is 97.1 Å². The van der Waals surface area contributed by atoms with E-state index in [2.05, 4.69) is 30.7 Å². The molecule has 0 spiro atoms. The van der Waals surface area contributed by atoms with Gasteiger partial charge in [0.1, 0.15) is 49.7 Å². The third-order valence-electron chi connectivity index (χ3n) is 8.64. The third-order valence-corrected chi connectivity index (χ3v) is 10.4. The molecule has 0 saturated heterocycles. The summed E-state index contributed by atoms with van der Waals surface area (Å²) in [5, 5.41) is 35.6. The maximum Gasteiger partial charge on any atom is 0.296 e. The van der Waals surface area contributed by atoms with Crippen LogP contribution >= 0.6 is 0 Å². The van der Waals surface area contributed by atoms with Gasteiger partial charge in [0.15, 0.2) is 5.75 Å². The maximum atomic E-state index is 12.7. The van der Waals surface area contributed by atoms with Crippen LogP contribution in [0.1, 0.15) is 26.7 Å².